The lowest BCUT2D eigenvalue weighted by Gasteiger charge is -1.97. The number of benzene rings is 1. The van der Waals surface area contributed by atoms with E-state index in [9.17, 15) is 0 Å². The van der Waals surface area contributed by atoms with Crippen molar-refractivity contribution in [1.82, 2.24) is 9.97 Å². The normalized spacial score (nSPS) is 11.1. The van der Waals surface area contributed by atoms with Gasteiger partial charge in [0.1, 0.15) is 0 Å². The zero-order valence-corrected chi connectivity index (χ0v) is 6.99. The van der Waals surface area contributed by atoms with E-state index in [2.05, 4.69) is 40.3 Å². The second kappa shape index (κ2) is 2.33. The van der Waals surface area contributed by atoms with E-state index in [-0.39, 0.29) is 0 Å². The highest BCUT2D eigenvalue weighted by Gasteiger charge is 1.99. The number of nitrogens with one attached hydrogen (secondary N) is 1. The van der Waals surface area contributed by atoms with Crippen LogP contribution in [0.5, 0.6) is 0 Å². The van der Waals surface area contributed by atoms with Crippen molar-refractivity contribution >= 4 is 21.8 Å². The van der Waals surface area contributed by atoms with E-state index in [1.807, 2.05) is 6.20 Å². The van der Waals surface area contributed by atoms with Crippen molar-refractivity contribution in [3.8, 4) is 0 Å². The molecular formula is C11H8N2. The summed E-state index contributed by atoms with van der Waals surface area (Å²) in [6, 6.07) is 10.4. The van der Waals surface area contributed by atoms with E-state index in [0.717, 1.165) is 11.0 Å². The summed E-state index contributed by atoms with van der Waals surface area (Å²) >= 11 is 0. The van der Waals surface area contributed by atoms with Crippen LogP contribution >= 0.6 is 0 Å². The van der Waals surface area contributed by atoms with Crippen molar-refractivity contribution in [3.05, 3.63) is 42.7 Å². The maximum absolute atomic E-state index is 4.35. The minimum atomic E-state index is 1.05. The lowest BCUT2D eigenvalue weighted by Crippen LogP contribution is -1.81. The number of hydrogen-bond donors (Lipinski definition) is 1. The maximum Gasteiger partial charge on any atom is 0.0943 e. The van der Waals surface area contributed by atoms with Crippen LogP contribution in [0.3, 0.4) is 0 Å². The Kier molecular flexibility index (Phi) is 1.19. The Morgan fingerprint density at radius 3 is 3.08 bits per heavy atom. The van der Waals surface area contributed by atoms with Gasteiger partial charge in [-0.25, -0.2) is 0 Å². The van der Waals surface area contributed by atoms with Gasteiger partial charge in [-0.2, -0.15) is 0 Å². The zero-order valence-electron chi connectivity index (χ0n) is 6.99. The molecule has 1 heterocycles. The van der Waals surface area contributed by atoms with Crippen molar-refractivity contribution in [2.24, 2.45) is 0 Å². The monoisotopic (exact) mass is 168 g/mol. The van der Waals surface area contributed by atoms with E-state index in [4.69, 9.17) is 0 Å². The van der Waals surface area contributed by atoms with Gasteiger partial charge in [0.25, 0.3) is 0 Å². The van der Waals surface area contributed by atoms with Crippen molar-refractivity contribution in [1.29, 1.82) is 0 Å². The Bertz CT molecular complexity index is 566. The summed E-state index contributed by atoms with van der Waals surface area (Å²) in [6.07, 6.45) is 3.63. The molecule has 1 aromatic heterocycles. The first-order chi connectivity index (χ1) is 6.45. The number of fused-ring (bicyclic) bond motifs is 3. The Hall–Kier alpha value is -1.83. The molecule has 0 saturated carbocycles. The third-order valence-electron chi connectivity index (χ3n) is 2.31. The fourth-order valence-electron chi connectivity index (χ4n) is 1.69. The molecule has 0 bridgehead atoms. The lowest BCUT2D eigenvalue weighted by atomic mass is 10.2. The highest BCUT2D eigenvalue weighted by atomic mass is 14.8. The largest absolute Gasteiger partial charge is 0.358 e. The van der Waals surface area contributed by atoms with Gasteiger partial charge < -0.3 is 4.98 Å². The van der Waals surface area contributed by atoms with Crippen LogP contribution in [0.15, 0.2) is 42.7 Å². The van der Waals surface area contributed by atoms with Crippen LogP contribution in [0, 0.1) is 0 Å². The smallest absolute Gasteiger partial charge is 0.0943 e. The topological polar surface area (TPSA) is 28.7 Å². The van der Waals surface area contributed by atoms with E-state index in [0.29, 0.717) is 0 Å². The Morgan fingerprint density at radius 2 is 2.08 bits per heavy atom. The fraction of sp³-hybridized carbons (Fsp3) is 0. The molecule has 1 N–H and O–H groups in total. The molecule has 0 fully saturated rings. The van der Waals surface area contributed by atoms with Gasteiger partial charge in [0.2, 0.25) is 0 Å². The Balaban J connectivity index is 2.65. The molecule has 0 radical (unpaired) electrons. The number of nitrogens with zero attached hydrogens (tertiary/aromatic N) is 1. The molecule has 0 atom stereocenters. The average Bonchev–Trinajstić information content (AvgIpc) is 2.65. The highest BCUT2D eigenvalue weighted by Crippen LogP contribution is 2.22. The van der Waals surface area contributed by atoms with Crippen molar-refractivity contribution in [3.63, 3.8) is 0 Å². The summed E-state index contributed by atoms with van der Waals surface area (Å²) in [5, 5.41) is 2.47. The second-order valence-corrected chi connectivity index (χ2v) is 3.08. The summed E-state index contributed by atoms with van der Waals surface area (Å²) in [5.41, 5.74) is 2.13. The average molecular weight is 168 g/mol. The van der Waals surface area contributed by atoms with Crippen molar-refractivity contribution < 1.29 is 0 Å². The summed E-state index contributed by atoms with van der Waals surface area (Å²) in [7, 11) is 0. The Labute approximate surface area is 75.2 Å². The standard InChI is InChI=1S/C11H8N2/c1-2-8-4-5-10-11(9(8)3-1)13-7-6-12-10/h1-7,12H. The van der Waals surface area contributed by atoms with Crippen LogP contribution < -0.4 is 0 Å². The molecule has 2 aromatic carbocycles. The molecule has 0 spiro atoms. The van der Waals surface area contributed by atoms with Crippen LogP contribution in [-0.2, 0) is 0 Å². The van der Waals surface area contributed by atoms with Gasteiger partial charge >= 0.3 is 0 Å². The molecule has 0 aliphatic carbocycles. The molecule has 0 aliphatic rings. The molecule has 2 heteroatoms. The van der Waals surface area contributed by atoms with Gasteiger partial charge in [0.15, 0.2) is 0 Å². The molecule has 0 saturated heterocycles. The molecule has 13 heavy (non-hydrogen) atoms. The number of aromatic amines is 1. The molecular weight excluding hydrogens is 160 g/mol. The summed E-state index contributed by atoms with van der Waals surface area (Å²) in [6.45, 7) is 0. The number of H-pyrrole nitrogens is 1. The molecule has 0 unspecified atom stereocenters. The van der Waals surface area contributed by atoms with Gasteiger partial charge in [-0.05, 0) is 11.5 Å². The minimum Gasteiger partial charge on any atom is -0.358 e. The predicted octanol–water partition coefficient (Wildman–Crippen LogP) is 2.72. The minimum absolute atomic E-state index is 1.05. The third kappa shape index (κ3) is 0.855. The zero-order chi connectivity index (χ0) is 8.67. The van der Waals surface area contributed by atoms with Crippen LogP contribution in [0.25, 0.3) is 21.8 Å². The predicted molar refractivity (Wildman–Crippen MR) is 53.6 cm³/mol. The van der Waals surface area contributed by atoms with Gasteiger partial charge in [0.05, 0.1) is 11.0 Å². The quantitative estimate of drug-likeness (QED) is 0.549. The molecule has 0 aliphatic heterocycles. The van der Waals surface area contributed by atoms with Gasteiger partial charge in [0, 0.05) is 17.8 Å². The summed E-state index contributed by atoms with van der Waals surface area (Å²) in [5.74, 6) is 0. The van der Waals surface area contributed by atoms with E-state index >= 15 is 0 Å². The highest BCUT2D eigenvalue weighted by molar-refractivity contribution is 6.04. The molecule has 62 valence electrons. The van der Waals surface area contributed by atoms with E-state index in [1.165, 1.54) is 10.8 Å². The second-order valence-electron chi connectivity index (χ2n) is 3.08. The van der Waals surface area contributed by atoms with E-state index < -0.39 is 0 Å². The number of rotatable bonds is 0. The van der Waals surface area contributed by atoms with Crippen LogP contribution in [0.2, 0.25) is 0 Å². The number of hydrogen-bond acceptors (Lipinski definition) is 1. The van der Waals surface area contributed by atoms with Gasteiger partial charge in [-0.1, -0.05) is 24.3 Å². The van der Waals surface area contributed by atoms with Crippen molar-refractivity contribution in [2.75, 3.05) is 0 Å². The van der Waals surface area contributed by atoms with Crippen LogP contribution in [0.4, 0.5) is 0 Å². The first kappa shape index (κ1) is 6.66. The van der Waals surface area contributed by atoms with Crippen LogP contribution in [0.1, 0.15) is 0 Å². The SMILES string of the molecule is c1cc2ccc3[nH]ccnc3c2c1. The molecule has 2 nitrogen and oxygen atoms in total. The van der Waals surface area contributed by atoms with Gasteiger partial charge in [-0.3, -0.25) is 4.98 Å². The lowest BCUT2D eigenvalue weighted by molar-refractivity contribution is 1.30. The maximum atomic E-state index is 4.35. The first-order valence-electron chi connectivity index (χ1n) is 4.26. The fourth-order valence-corrected chi connectivity index (χ4v) is 1.69. The number of aromatic nitrogens is 2. The molecule has 0 amide bonds. The summed E-state index contributed by atoms with van der Waals surface area (Å²) in [4.78, 5) is 7.52. The molecule has 3 rings (SSSR count). The molecule has 3 aromatic rings. The third-order valence-corrected chi connectivity index (χ3v) is 2.31. The first-order valence-corrected chi connectivity index (χ1v) is 4.26. The van der Waals surface area contributed by atoms with Gasteiger partial charge in [-0.15, -0.1) is 0 Å². The van der Waals surface area contributed by atoms with Crippen LogP contribution in [-0.4, -0.2) is 9.97 Å². The summed E-state index contributed by atoms with van der Waals surface area (Å²) < 4.78 is 0. The van der Waals surface area contributed by atoms with E-state index in [1.54, 1.807) is 6.20 Å². The van der Waals surface area contributed by atoms with Crippen molar-refractivity contribution in [2.45, 2.75) is 0 Å². The Morgan fingerprint density at radius 1 is 1.08 bits per heavy atom.